The first-order valence-corrected chi connectivity index (χ1v) is 7.37. The highest BCUT2D eigenvalue weighted by Gasteiger charge is 2.08. The van der Waals surface area contributed by atoms with Crippen LogP contribution in [0.1, 0.15) is 5.56 Å². The fourth-order valence-corrected chi connectivity index (χ4v) is 2.50. The van der Waals surface area contributed by atoms with Crippen molar-refractivity contribution in [3.8, 4) is 5.75 Å². The number of hydrogen-bond donors (Lipinski definition) is 1. The second-order valence-electron chi connectivity index (χ2n) is 5.14. The maximum absolute atomic E-state index is 5.20. The van der Waals surface area contributed by atoms with E-state index in [2.05, 4.69) is 25.8 Å². The van der Waals surface area contributed by atoms with Crippen molar-refractivity contribution in [2.24, 2.45) is 5.10 Å². The lowest BCUT2D eigenvalue weighted by molar-refractivity contribution is 0.415. The third kappa shape index (κ3) is 2.52. The lowest BCUT2D eigenvalue weighted by atomic mass is 10.2. The molecule has 0 saturated heterocycles. The van der Waals surface area contributed by atoms with Gasteiger partial charge in [0.15, 0.2) is 11.5 Å². The van der Waals surface area contributed by atoms with E-state index >= 15 is 0 Å². The molecule has 0 saturated carbocycles. The summed E-state index contributed by atoms with van der Waals surface area (Å²) < 4.78 is 6.84. The molecular formula is C17H14N6O. The van der Waals surface area contributed by atoms with E-state index < -0.39 is 0 Å². The maximum atomic E-state index is 5.20. The number of nitrogens with zero attached hydrogens (tertiary/aromatic N) is 5. The van der Waals surface area contributed by atoms with Crippen molar-refractivity contribution in [2.75, 3.05) is 12.5 Å². The highest BCUT2D eigenvalue weighted by Crippen LogP contribution is 2.23. The predicted octanol–water partition coefficient (Wildman–Crippen LogP) is 2.73. The number of hydrazone groups is 1. The maximum Gasteiger partial charge on any atom is 0.185 e. The van der Waals surface area contributed by atoms with Gasteiger partial charge in [0, 0.05) is 10.8 Å². The summed E-state index contributed by atoms with van der Waals surface area (Å²) in [6, 6.07) is 15.5. The number of anilines is 1. The van der Waals surface area contributed by atoms with E-state index in [1.165, 1.54) is 0 Å². The molecule has 0 unspecified atom stereocenters. The number of rotatable bonds is 4. The van der Waals surface area contributed by atoms with Crippen LogP contribution in [0.25, 0.3) is 16.4 Å². The SMILES string of the molecule is COc1cccc(C=NNc2nn3cnnc3c3ccccc23)c1. The first kappa shape index (κ1) is 14.1. The largest absolute Gasteiger partial charge is 0.497 e. The minimum Gasteiger partial charge on any atom is -0.497 e. The molecule has 24 heavy (non-hydrogen) atoms. The molecular weight excluding hydrogens is 304 g/mol. The summed E-state index contributed by atoms with van der Waals surface area (Å²) in [6.45, 7) is 0. The van der Waals surface area contributed by atoms with Gasteiger partial charge in [-0.15, -0.1) is 15.3 Å². The van der Waals surface area contributed by atoms with Gasteiger partial charge < -0.3 is 4.74 Å². The zero-order chi connectivity index (χ0) is 16.4. The van der Waals surface area contributed by atoms with E-state index in [9.17, 15) is 0 Å². The van der Waals surface area contributed by atoms with E-state index in [1.807, 2.05) is 48.5 Å². The lowest BCUT2D eigenvalue weighted by Crippen LogP contribution is -2.00. The average molecular weight is 318 g/mol. The second kappa shape index (κ2) is 5.96. The minimum absolute atomic E-state index is 0.636. The number of nitrogens with one attached hydrogen (secondary N) is 1. The van der Waals surface area contributed by atoms with Crippen LogP contribution in [0.5, 0.6) is 5.75 Å². The fraction of sp³-hybridized carbons (Fsp3) is 0.0588. The molecule has 0 bridgehead atoms. The van der Waals surface area contributed by atoms with Gasteiger partial charge in [0.05, 0.1) is 13.3 Å². The molecule has 118 valence electrons. The Labute approximate surface area is 137 Å². The molecule has 2 aromatic heterocycles. The van der Waals surface area contributed by atoms with Crippen LogP contribution in [0.2, 0.25) is 0 Å². The summed E-state index contributed by atoms with van der Waals surface area (Å²) >= 11 is 0. The highest BCUT2D eigenvalue weighted by molar-refractivity contribution is 5.99. The van der Waals surface area contributed by atoms with Gasteiger partial charge in [0.1, 0.15) is 12.1 Å². The van der Waals surface area contributed by atoms with E-state index in [4.69, 9.17) is 4.74 Å². The Hall–Kier alpha value is -3.48. The fourth-order valence-electron chi connectivity index (χ4n) is 2.50. The Bertz CT molecular complexity index is 1040. The molecule has 0 aliphatic heterocycles. The molecule has 0 atom stereocenters. The summed E-state index contributed by atoms with van der Waals surface area (Å²) in [7, 11) is 1.64. The number of aromatic nitrogens is 4. The molecule has 7 heteroatoms. The van der Waals surface area contributed by atoms with Crippen molar-refractivity contribution in [3.05, 3.63) is 60.4 Å². The van der Waals surface area contributed by atoms with Crippen molar-refractivity contribution in [2.45, 2.75) is 0 Å². The summed E-state index contributed by atoms with van der Waals surface area (Å²) in [5.74, 6) is 1.42. The lowest BCUT2D eigenvalue weighted by Gasteiger charge is -2.06. The number of fused-ring (bicyclic) bond motifs is 3. The van der Waals surface area contributed by atoms with E-state index in [-0.39, 0.29) is 0 Å². The quantitative estimate of drug-likeness (QED) is 0.462. The summed E-state index contributed by atoms with van der Waals surface area (Å²) in [5.41, 5.74) is 4.64. The Morgan fingerprint density at radius 2 is 2.00 bits per heavy atom. The molecule has 0 fully saturated rings. The average Bonchev–Trinajstić information content (AvgIpc) is 3.11. The number of benzene rings is 2. The predicted molar refractivity (Wildman–Crippen MR) is 92.5 cm³/mol. The zero-order valence-corrected chi connectivity index (χ0v) is 12.9. The first-order valence-electron chi connectivity index (χ1n) is 7.37. The van der Waals surface area contributed by atoms with E-state index in [1.54, 1.807) is 24.2 Å². The monoisotopic (exact) mass is 318 g/mol. The van der Waals surface area contributed by atoms with Gasteiger partial charge in [-0.3, -0.25) is 5.43 Å². The van der Waals surface area contributed by atoms with Crippen LogP contribution in [-0.2, 0) is 0 Å². The molecule has 0 aliphatic rings. The van der Waals surface area contributed by atoms with Crippen molar-refractivity contribution >= 4 is 28.5 Å². The molecule has 0 radical (unpaired) electrons. The molecule has 1 N–H and O–H groups in total. The van der Waals surface area contributed by atoms with Crippen LogP contribution in [0.15, 0.2) is 60.0 Å². The topological polar surface area (TPSA) is 76.7 Å². The normalized spacial score (nSPS) is 11.4. The Balaban J connectivity index is 1.69. The van der Waals surface area contributed by atoms with Gasteiger partial charge in [-0.2, -0.15) is 9.62 Å². The van der Waals surface area contributed by atoms with Gasteiger partial charge in [0.25, 0.3) is 0 Å². The molecule has 7 nitrogen and oxygen atoms in total. The van der Waals surface area contributed by atoms with Crippen molar-refractivity contribution in [1.82, 2.24) is 19.8 Å². The molecule has 4 aromatic rings. The van der Waals surface area contributed by atoms with Crippen molar-refractivity contribution in [1.29, 1.82) is 0 Å². The molecule has 0 spiro atoms. The van der Waals surface area contributed by atoms with Crippen LogP contribution in [-0.4, -0.2) is 33.1 Å². The molecule has 2 aromatic carbocycles. The highest BCUT2D eigenvalue weighted by atomic mass is 16.5. The molecule has 2 heterocycles. The van der Waals surface area contributed by atoms with Gasteiger partial charge >= 0.3 is 0 Å². The summed E-state index contributed by atoms with van der Waals surface area (Å²) in [4.78, 5) is 0. The minimum atomic E-state index is 0.636. The van der Waals surface area contributed by atoms with Gasteiger partial charge in [-0.1, -0.05) is 36.4 Å². The Kier molecular flexibility index (Phi) is 3.51. The van der Waals surface area contributed by atoms with Crippen LogP contribution < -0.4 is 10.2 Å². The van der Waals surface area contributed by atoms with E-state index in [0.717, 1.165) is 22.1 Å². The van der Waals surface area contributed by atoms with Crippen LogP contribution in [0.4, 0.5) is 5.82 Å². The third-order valence-electron chi connectivity index (χ3n) is 3.64. The Morgan fingerprint density at radius 1 is 1.12 bits per heavy atom. The van der Waals surface area contributed by atoms with Crippen molar-refractivity contribution < 1.29 is 4.74 Å². The zero-order valence-electron chi connectivity index (χ0n) is 12.9. The van der Waals surface area contributed by atoms with Crippen molar-refractivity contribution in [3.63, 3.8) is 0 Å². The number of hydrogen-bond acceptors (Lipinski definition) is 6. The number of methoxy groups -OCH3 is 1. The van der Waals surface area contributed by atoms with E-state index in [0.29, 0.717) is 11.5 Å². The smallest absolute Gasteiger partial charge is 0.185 e. The van der Waals surface area contributed by atoms with Crippen LogP contribution >= 0.6 is 0 Å². The third-order valence-corrected chi connectivity index (χ3v) is 3.64. The van der Waals surface area contributed by atoms with Crippen LogP contribution in [0.3, 0.4) is 0 Å². The van der Waals surface area contributed by atoms with Gasteiger partial charge in [-0.25, -0.2) is 0 Å². The molecule has 0 amide bonds. The molecule has 0 aliphatic carbocycles. The second-order valence-corrected chi connectivity index (χ2v) is 5.14. The molecule has 4 rings (SSSR count). The standard InChI is InChI=1S/C17H14N6O/c1-24-13-6-4-5-12(9-13)10-18-20-16-14-7-2-3-8-15(14)17-21-19-11-23(17)22-16/h2-11H,1H3,(H,20,22). The number of ether oxygens (including phenoxy) is 1. The first-order chi connectivity index (χ1) is 11.8. The van der Waals surface area contributed by atoms with Crippen LogP contribution in [0, 0.1) is 0 Å². The van der Waals surface area contributed by atoms with Gasteiger partial charge in [-0.05, 0) is 17.7 Å². The summed E-state index contributed by atoms with van der Waals surface area (Å²) in [6.07, 6.45) is 3.29. The van der Waals surface area contributed by atoms with Gasteiger partial charge in [0.2, 0.25) is 0 Å². The summed E-state index contributed by atoms with van der Waals surface area (Å²) in [5, 5.41) is 18.7. The Morgan fingerprint density at radius 3 is 2.88 bits per heavy atom.